The van der Waals surface area contributed by atoms with E-state index in [2.05, 4.69) is 16.7 Å². The maximum Gasteiger partial charge on any atom is 0.231 e. The number of fused-ring (bicyclic) bond motifs is 1. The Hall–Kier alpha value is -2.13. The molecular weight excluding hydrogens is 260 g/mol. The van der Waals surface area contributed by atoms with Crippen molar-refractivity contribution in [2.24, 2.45) is 0 Å². The molecule has 0 aromatic heterocycles. The lowest BCUT2D eigenvalue weighted by molar-refractivity contribution is -0.117. The van der Waals surface area contributed by atoms with Gasteiger partial charge in [-0.05, 0) is 42.6 Å². The monoisotopic (exact) mass is 280 g/mol. The summed E-state index contributed by atoms with van der Waals surface area (Å²) >= 11 is 0. The van der Waals surface area contributed by atoms with E-state index < -0.39 is 0 Å². The summed E-state index contributed by atoms with van der Waals surface area (Å²) in [4.78, 5) is 12.5. The molecule has 1 unspecified atom stereocenters. The van der Waals surface area contributed by atoms with Gasteiger partial charge in [0.2, 0.25) is 5.91 Å². The highest BCUT2D eigenvalue weighted by atomic mass is 16.1. The van der Waals surface area contributed by atoms with E-state index in [1.807, 2.05) is 49.4 Å². The Kier molecular flexibility index (Phi) is 4.02. The highest BCUT2D eigenvalue weighted by Gasteiger charge is 2.18. The van der Waals surface area contributed by atoms with E-state index in [1.165, 1.54) is 11.1 Å². The van der Waals surface area contributed by atoms with Crippen molar-refractivity contribution < 1.29 is 4.79 Å². The molecule has 2 aromatic rings. The molecule has 0 radical (unpaired) electrons. The number of anilines is 1. The summed E-state index contributed by atoms with van der Waals surface area (Å²) in [6, 6.07) is 16.0. The molecule has 0 saturated heterocycles. The van der Waals surface area contributed by atoms with Crippen LogP contribution >= 0.6 is 0 Å². The molecule has 0 saturated carbocycles. The molecule has 0 bridgehead atoms. The summed E-state index contributed by atoms with van der Waals surface area (Å²) in [5.41, 5.74) is 4.56. The number of carbonyl (C=O) groups excluding carboxylic acids is 1. The molecule has 3 nitrogen and oxygen atoms in total. The number of hydrogen-bond acceptors (Lipinski definition) is 2. The number of rotatable bonds is 3. The van der Waals surface area contributed by atoms with E-state index >= 15 is 0 Å². The third-order valence-electron chi connectivity index (χ3n) is 4.09. The zero-order chi connectivity index (χ0) is 14.7. The van der Waals surface area contributed by atoms with Gasteiger partial charge in [-0.1, -0.05) is 42.5 Å². The first kappa shape index (κ1) is 13.8. The highest BCUT2D eigenvalue weighted by molar-refractivity contribution is 5.96. The van der Waals surface area contributed by atoms with Crippen LogP contribution in [0.4, 0.5) is 5.69 Å². The van der Waals surface area contributed by atoms with Crippen molar-refractivity contribution in [3.63, 3.8) is 0 Å². The van der Waals surface area contributed by atoms with Gasteiger partial charge in [0.05, 0.1) is 5.92 Å². The average molecular weight is 280 g/mol. The van der Waals surface area contributed by atoms with Crippen molar-refractivity contribution in [2.45, 2.75) is 25.8 Å². The molecule has 1 heterocycles. The second kappa shape index (κ2) is 6.10. The minimum Gasteiger partial charge on any atom is -0.325 e. The van der Waals surface area contributed by atoms with Crippen LogP contribution in [0.25, 0.3) is 0 Å². The third kappa shape index (κ3) is 2.98. The number of benzene rings is 2. The molecular formula is C18H20N2O. The SMILES string of the molecule is CC(C(=O)Nc1cccc2c1CCNC2)c1ccccc1. The quantitative estimate of drug-likeness (QED) is 0.907. The van der Waals surface area contributed by atoms with Crippen LogP contribution in [0.15, 0.2) is 48.5 Å². The summed E-state index contributed by atoms with van der Waals surface area (Å²) in [6.45, 7) is 3.79. The summed E-state index contributed by atoms with van der Waals surface area (Å²) in [5.74, 6) is -0.100. The first-order chi connectivity index (χ1) is 10.3. The Morgan fingerprint density at radius 3 is 2.76 bits per heavy atom. The second-order valence-electron chi connectivity index (χ2n) is 5.49. The van der Waals surface area contributed by atoms with E-state index in [4.69, 9.17) is 0 Å². The molecule has 1 aliphatic heterocycles. The van der Waals surface area contributed by atoms with Gasteiger partial charge in [-0.3, -0.25) is 4.79 Å². The molecule has 0 spiro atoms. The fourth-order valence-electron chi connectivity index (χ4n) is 2.78. The number of amides is 1. The van der Waals surface area contributed by atoms with E-state index in [-0.39, 0.29) is 11.8 Å². The summed E-state index contributed by atoms with van der Waals surface area (Å²) < 4.78 is 0. The van der Waals surface area contributed by atoms with Gasteiger partial charge in [0.1, 0.15) is 0 Å². The van der Waals surface area contributed by atoms with Crippen LogP contribution in [0.3, 0.4) is 0 Å². The van der Waals surface area contributed by atoms with Crippen molar-refractivity contribution >= 4 is 11.6 Å². The van der Waals surface area contributed by atoms with Gasteiger partial charge in [0, 0.05) is 12.2 Å². The smallest absolute Gasteiger partial charge is 0.231 e. The predicted molar refractivity (Wildman–Crippen MR) is 85.3 cm³/mol. The summed E-state index contributed by atoms with van der Waals surface area (Å²) in [6.07, 6.45) is 0.964. The van der Waals surface area contributed by atoms with Gasteiger partial charge in [-0.2, -0.15) is 0 Å². The second-order valence-corrected chi connectivity index (χ2v) is 5.49. The first-order valence-electron chi connectivity index (χ1n) is 7.43. The molecule has 1 atom stereocenters. The van der Waals surface area contributed by atoms with Gasteiger partial charge in [-0.25, -0.2) is 0 Å². The average Bonchev–Trinajstić information content (AvgIpc) is 2.55. The van der Waals surface area contributed by atoms with E-state index in [0.717, 1.165) is 30.8 Å². The van der Waals surface area contributed by atoms with Crippen LogP contribution in [-0.4, -0.2) is 12.5 Å². The van der Waals surface area contributed by atoms with Gasteiger partial charge >= 0.3 is 0 Å². The van der Waals surface area contributed by atoms with Gasteiger partial charge in [0.25, 0.3) is 0 Å². The predicted octanol–water partition coefficient (Wildman–Crippen LogP) is 3.07. The highest BCUT2D eigenvalue weighted by Crippen LogP contribution is 2.25. The third-order valence-corrected chi connectivity index (χ3v) is 4.09. The molecule has 2 N–H and O–H groups in total. The van der Waals surface area contributed by atoms with Gasteiger partial charge < -0.3 is 10.6 Å². The molecule has 21 heavy (non-hydrogen) atoms. The van der Waals surface area contributed by atoms with Gasteiger partial charge in [0.15, 0.2) is 0 Å². The normalized spacial score (nSPS) is 15.1. The number of hydrogen-bond donors (Lipinski definition) is 2. The minimum absolute atomic E-state index is 0.0492. The Morgan fingerprint density at radius 2 is 1.95 bits per heavy atom. The molecule has 3 heteroatoms. The molecule has 0 fully saturated rings. The van der Waals surface area contributed by atoms with Gasteiger partial charge in [-0.15, -0.1) is 0 Å². The Balaban J connectivity index is 1.79. The number of carbonyl (C=O) groups is 1. The zero-order valence-corrected chi connectivity index (χ0v) is 12.2. The zero-order valence-electron chi connectivity index (χ0n) is 12.2. The van der Waals surface area contributed by atoms with E-state index in [1.54, 1.807) is 0 Å². The molecule has 1 aliphatic rings. The van der Waals surface area contributed by atoms with Crippen molar-refractivity contribution in [2.75, 3.05) is 11.9 Å². The topological polar surface area (TPSA) is 41.1 Å². The van der Waals surface area contributed by atoms with Crippen molar-refractivity contribution in [3.8, 4) is 0 Å². The lowest BCUT2D eigenvalue weighted by atomic mass is 9.97. The first-order valence-corrected chi connectivity index (χ1v) is 7.43. The van der Waals surface area contributed by atoms with Crippen LogP contribution < -0.4 is 10.6 Å². The fraction of sp³-hybridized carbons (Fsp3) is 0.278. The van der Waals surface area contributed by atoms with Crippen LogP contribution in [0.5, 0.6) is 0 Å². The molecule has 2 aromatic carbocycles. The Labute approximate surface area is 125 Å². The van der Waals surface area contributed by atoms with Crippen molar-refractivity contribution in [3.05, 3.63) is 65.2 Å². The van der Waals surface area contributed by atoms with Crippen LogP contribution in [0.1, 0.15) is 29.5 Å². The van der Waals surface area contributed by atoms with Crippen LogP contribution in [0, 0.1) is 0 Å². The minimum atomic E-state index is -0.149. The molecule has 108 valence electrons. The standard InChI is InChI=1S/C18H20N2O/c1-13(14-6-3-2-4-7-14)18(21)20-17-9-5-8-15-12-19-11-10-16(15)17/h2-9,13,19H,10-12H2,1H3,(H,20,21). The largest absolute Gasteiger partial charge is 0.325 e. The maximum absolute atomic E-state index is 12.5. The lowest BCUT2D eigenvalue weighted by Crippen LogP contribution is -2.26. The van der Waals surface area contributed by atoms with E-state index in [9.17, 15) is 4.79 Å². The molecule has 0 aliphatic carbocycles. The maximum atomic E-state index is 12.5. The number of nitrogens with one attached hydrogen (secondary N) is 2. The molecule has 3 rings (SSSR count). The Bertz CT molecular complexity index is 637. The molecule has 1 amide bonds. The fourth-order valence-corrected chi connectivity index (χ4v) is 2.78. The Morgan fingerprint density at radius 1 is 1.14 bits per heavy atom. The lowest BCUT2D eigenvalue weighted by Gasteiger charge is -2.21. The summed E-state index contributed by atoms with van der Waals surface area (Å²) in [7, 11) is 0. The van der Waals surface area contributed by atoms with Crippen LogP contribution in [-0.2, 0) is 17.8 Å². The van der Waals surface area contributed by atoms with Crippen LogP contribution in [0.2, 0.25) is 0 Å². The van der Waals surface area contributed by atoms with Crippen molar-refractivity contribution in [1.82, 2.24) is 5.32 Å². The van der Waals surface area contributed by atoms with Crippen molar-refractivity contribution in [1.29, 1.82) is 0 Å². The van der Waals surface area contributed by atoms with E-state index in [0.29, 0.717) is 0 Å². The summed E-state index contributed by atoms with van der Waals surface area (Å²) in [5, 5.41) is 6.46.